The van der Waals surface area contributed by atoms with Gasteiger partial charge in [0.2, 0.25) is 0 Å². The van der Waals surface area contributed by atoms with Crippen molar-refractivity contribution in [1.82, 2.24) is 10.3 Å². The van der Waals surface area contributed by atoms with E-state index in [4.69, 9.17) is 4.42 Å². The van der Waals surface area contributed by atoms with Crippen molar-refractivity contribution < 1.29 is 4.42 Å². The van der Waals surface area contributed by atoms with Crippen molar-refractivity contribution in [3.63, 3.8) is 0 Å². The second kappa shape index (κ2) is 4.86. The maximum atomic E-state index is 5.64. The Bertz CT molecular complexity index is 538. The van der Waals surface area contributed by atoms with Crippen LogP contribution in [0.5, 0.6) is 0 Å². The van der Waals surface area contributed by atoms with Crippen molar-refractivity contribution in [2.45, 2.75) is 39.2 Å². The van der Waals surface area contributed by atoms with Gasteiger partial charge in [0.25, 0.3) is 0 Å². The maximum Gasteiger partial charge on any atom is 0.162 e. The zero-order chi connectivity index (χ0) is 12.5. The molecule has 1 N–H and O–H groups in total. The van der Waals surface area contributed by atoms with Gasteiger partial charge in [-0.25, -0.2) is 4.98 Å². The molecule has 0 radical (unpaired) electrons. The van der Waals surface area contributed by atoms with Crippen LogP contribution in [0.2, 0.25) is 0 Å². The van der Waals surface area contributed by atoms with E-state index < -0.39 is 0 Å². The van der Waals surface area contributed by atoms with Gasteiger partial charge in [-0.2, -0.15) is 0 Å². The quantitative estimate of drug-likeness (QED) is 0.922. The monoisotopic (exact) mass is 262 g/mol. The van der Waals surface area contributed by atoms with Crippen LogP contribution in [0.1, 0.15) is 29.2 Å². The molecule has 1 aliphatic rings. The maximum absolute atomic E-state index is 5.64. The molecule has 3 nitrogen and oxygen atoms in total. The Hall–Kier alpha value is -1.13. The Morgan fingerprint density at radius 2 is 2.33 bits per heavy atom. The molecule has 1 atom stereocenters. The Labute approximate surface area is 111 Å². The zero-order valence-corrected chi connectivity index (χ0v) is 11.6. The summed E-state index contributed by atoms with van der Waals surface area (Å²) in [6, 6.07) is 4.63. The van der Waals surface area contributed by atoms with Crippen molar-refractivity contribution in [2.24, 2.45) is 0 Å². The van der Waals surface area contributed by atoms with Gasteiger partial charge < -0.3 is 9.73 Å². The second-order valence-corrected chi connectivity index (χ2v) is 6.02. The number of rotatable bonds is 3. The van der Waals surface area contributed by atoms with Gasteiger partial charge in [0.05, 0.1) is 5.69 Å². The predicted molar refractivity (Wildman–Crippen MR) is 74.0 cm³/mol. The van der Waals surface area contributed by atoms with E-state index in [1.54, 1.807) is 11.3 Å². The summed E-state index contributed by atoms with van der Waals surface area (Å²) >= 11 is 1.77. The van der Waals surface area contributed by atoms with Gasteiger partial charge in [-0.05, 0) is 51.8 Å². The molecule has 0 saturated carbocycles. The molecule has 3 heterocycles. The number of aryl methyl sites for hydroxylation is 2. The van der Waals surface area contributed by atoms with Crippen LogP contribution in [0.4, 0.5) is 0 Å². The fourth-order valence-corrected chi connectivity index (χ4v) is 3.53. The molecule has 0 bridgehead atoms. The fourth-order valence-electron chi connectivity index (χ4n) is 2.43. The summed E-state index contributed by atoms with van der Waals surface area (Å²) < 4.78 is 5.64. The lowest BCUT2D eigenvalue weighted by Crippen LogP contribution is -2.23. The Kier molecular flexibility index (Phi) is 3.22. The molecule has 18 heavy (non-hydrogen) atoms. The van der Waals surface area contributed by atoms with E-state index in [1.807, 2.05) is 19.1 Å². The molecule has 0 aromatic carbocycles. The standard InChI is InChI=1S/C14H18N2OS/c1-9-5-6-12(17-9)14-16-10(2)13(18-14)8-11-4-3-7-15-11/h5-6,11,15H,3-4,7-8H2,1-2H3. The van der Waals surface area contributed by atoms with E-state index in [0.29, 0.717) is 6.04 Å². The molecule has 96 valence electrons. The first kappa shape index (κ1) is 11.9. The fraction of sp³-hybridized carbons (Fsp3) is 0.500. The largest absolute Gasteiger partial charge is 0.459 e. The minimum absolute atomic E-state index is 0.635. The highest BCUT2D eigenvalue weighted by Gasteiger charge is 2.18. The summed E-state index contributed by atoms with van der Waals surface area (Å²) in [5.74, 6) is 1.84. The van der Waals surface area contributed by atoms with Crippen LogP contribution in [0, 0.1) is 13.8 Å². The number of aromatic nitrogens is 1. The van der Waals surface area contributed by atoms with Gasteiger partial charge in [0.1, 0.15) is 5.76 Å². The third-order valence-electron chi connectivity index (χ3n) is 3.44. The average molecular weight is 262 g/mol. The predicted octanol–water partition coefficient (Wildman–Crippen LogP) is 3.31. The summed E-state index contributed by atoms with van der Waals surface area (Å²) in [4.78, 5) is 6.02. The molecule has 3 rings (SSSR count). The SMILES string of the molecule is Cc1ccc(-c2nc(C)c(CC3CCCN3)s2)o1. The topological polar surface area (TPSA) is 38.1 Å². The van der Waals surface area contributed by atoms with Crippen LogP contribution in [-0.4, -0.2) is 17.6 Å². The van der Waals surface area contributed by atoms with E-state index in [1.165, 1.54) is 17.7 Å². The van der Waals surface area contributed by atoms with Crippen LogP contribution >= 0.6 is 11.3 Å². The Balaban J connectivity index is 1.81. The van der Waals surface area contributed by atoms with Crippen molar-refractivity contribution >= 4 is 11.3 Å². The molecule has 2 aromatic rings. The first-order valence-corrected chi connectivity index (χ1v) is 7.30. The Morgan fingerprint density at radius 3 is 3.00 bits per heavy atom. The van der Waals surface area contributed by atoms with Gasteiger partial charge >= 0.3 is 0 Å². The lowest BCUT2D eigenvalue weighted by atomic mass is 10.1. The average Bonchev–Trinajstić information content (AvgIpc) is 3.03. The minimum Gasteiger partial charge on any atom is -0.459 e. The molecule has 1 saturated heterocycles. The van der Waals surface area contributed by atoms with Gasteiger partial charge in [-0.3, -0.25) is 0 Å². The van der Waals surface area contributed by atoms with E-state index in [2.05, 4.69) is 17.2 Å². The molecular formula is C14H18N2OS. The van der Waals surface area contributed by atoms with Crippen molar-refractivity contribution in [1.29, 1.82) is 0 Å². The lowest BCUT2D eigenvalue weighted by molar-refractivity contribution is 0.548. The van der Waals surface area contributed by atoms with Crippen molar-refractivity contribution in [3.05, 3.63) is 28.5 Å². The zero-order valence-electron chi connectivity index (χ0n) is 10.8. The van der Waals surface area contributed by atoms with E-state index in [0.717, 1.165) is 35.2 Å². The number of thiazole rings is 1. The normalized spacial score (nSPS) is 19.6. The van der Waals surface area contributed by atoms with Crippen LogP contribution in [0.25, 0.3) is 10.8 Å². The molecule has 1 aliphatic heterocycles. The summed E-state index contributed by atoms with van der Waals surface area (Å²) in [6.07, 6.45) is 3.68. The van der Waals surface area contributed by atoms with E-state index in [9.17, 15) is 0 Å². The number of hydrogen-bond acceptors (Lipinski definition) is 4. The summed E-state index contributed by atoms with van der Waals surface area (Å²) in [6.45, 7) is 5.22. The first-order chi connectivity index (χ1) is 8.72. The minimum atomic E-state index is 0.635. The van der Waals surface area contributed by atoms with E-state index >= 15 is 0 Å². The van der Waals surface area contributed by atoms with Crippen LogP contribution in [0.15, 0.2) is 16.5 Å². The molecular weight excluding hydrogens is 244 g/mol. The van der Waals surface area contributed by atoms with Gasteiger partial charge in [-0.1, -0.05) is 0 Å². The summed E-state index contributed by atoms with van der Waals surface area (Å²) in [5, 5.41) is 4.55. The Morgan fingerprint density at radius 1 is 1.44 bits per heavy atom. The molecule has 0 amide bonds. The number of furan rings is 1. The van der Waals surface area contributed by atoms with Gasteiger partial charge in [0.15, 0.2) is 10.8 Å². The first-order valence-electron chi connectivity index (χ1n) is 6.49. The summed E-state index contributed by atoms with van der Waals surface area (Å²) in [7, 11) is 0. The summed E-state index contributed by atoms with van der Waals surface area (Å²) in [5.41, 5.74) is 1.15. The number of nitrogens with zero attached hydrogens (tertiary/aromatic N) is 1. The third-order valence-corrected chi connectivity index (χ3v) is 4.63. The molecule has 1 fully saturated rings. The highest BCUT2D eigenvalue weighted by Crippen LogP contribution is 2.30. The van der Waals surface area contributed by atoms with Crippen LogP contribution in [0.3, 0.4) is 0 Å². The van der Waals surface area contributed by atoms with E-state index in [-0.39, 0.29) is 0 Å². The van der Waals surface area contributed by atoms with Crippen LogP contribution < -0.4 is 5.32 Å². The van der Waals surface area contributed by atoms with Crippen LogP contribution in [-0.2, 0) is 6.42 Å². The molecule has 0 spiro atoms. The van der Waals surface area contributed by atoms with Gasteiger partial charge in [-0.15, -0.1) is 11.3 Å². The molecule has 2 aromatic heterocycles. The number of nitrogens with one attached hydrogen (secondary N) is 1. The molecule has 1 unspecified atom stereocenters. The van der Waals surface area contributed by atoms with Crippen molar-refractivity contribution in [2.75, 3.05) is 6.54 Å². The molecule has 4 heteroatoms. The van der Waals surface area contributed by atoms with Gasteiger partial charge in [0, 0.05) is 10.9 Å². The van der Waals surface area contributed by atoms with Crippen molar-refractivity contribution in [3.8, 4) is 10.8 Å². The number of hydrogen-bond donors (Lipinski definition) is 1. The lowest BCUT2D eigenvalue weighted by Gasteiger charge is -2.07. The molecule has 0 aliphatic carbocycles. The highest BCUT2D eigenvalue weighted by atomic mass is 32.1. The second-order valence-electron chi connectivity index (χ2n) is 4.94. The third kappa shape index (κ3) is 2.35. The highest BCUT2D eigenvalue weighted by molar-refractivity contribution is 7.15. The smallest absolute Gasteiger partial charge is 0.162 e.